The van der Waals surface area contributed by atoms with Crippen molar-refractivity contribution in [2.75, 3.05) is 13.7 Å². The van der Waals surface area contributed by atoms with Crippen LogP contribution in [0.3, 0.4) is 0 Å². The number of carbonyl (C=O) groups is 2. The predicted molar refractivity (Wildman–Crippen MR) is 105 cm³/mol. The van der Waals surface area contributed by atoms with Crippen LogP contribution >= 0.6 is 0 Å². The van der Waals surface area contributed by atoms with Gasteiger partial charge in [-0.05, 0) is 30.2 Å². The second-order valence-corrected chi connectivity index (χ2v) is 6.34. The number of rotatable bonds is 7. The first-order valence-corrected chi connectivity index (χ1v) is 8.93. The third kappa shape index (κ3) is 5.01. The molecule has 7 nitrogen and oxygen atoms in total. The van der Waals surface area contributed by atoms with Crippen LogP contribution in [0.1, 0.15) is 16.7 Å². The molecule has 0 N–H and O–H groups in total. The Morgan fingerprint density at radius 2 is 1.79 bits per heavy atom. The fraction of sp³-hybridized carbons (Fsp3) is 0.227. The minimum atomic E-state index is -0.611. The zero-order valence-electron chi connectivity index (χ0n) is 16.1. The molecule has 2 aromatic carbocycles. The molecule has 0 unspecified atom stereocenters. The van der Waals surface area contributed by atoms with Gasteiger partial charge in [0.25, 0.3) is 0 Å². The van der Waals surface area contributed by atoms with E-state index in [1.54, 1.807) is 19.1 Å². The van der Waals surface area contributed by atoms with Gasteiger partial charge in [-0.15, -0.1) is 0 Å². The van der Waals surface area contributed by atoms with Crippen LogP contribution in [-0.4, -0.2) is 25.7 Å². The van der Waals surface area contributed by atoms with Gasteiger partial charge >= 0.3 is 17.6 Å². The van der Waals surface area contributed by atoms with Gasteiger partial charge in [0.2, 0.25) is 0 Å². The van der Waals surface area contributed by atoms with Crippen molar-refractivity contribution >= 4 is 22.9 Å². The Balaban J connectivity index is 1.68. The summed E-state index contributed by atoms with van der Waals surface area (Å²) >= 11 is 0. The van der Waals surface area contributed by atoms with Crippen LogP contribution in [0.4, 0.5) is 0 Å². The fourth-order valence-corrected chi connectivity index (χ4v) is 2.81. The predicted octanol–water partition coefficient (Wildman–Crippen LogP) is 2.94. The van der Waals surface area contributed by atoms with E-state index >= 15 is 0 Å². The molecule has 0 aliphatic carbocycles. The van der Waals surface area contributed by atoms with Crippen molar-refractivity contribution in [2.45, 2.75) is 20.0 Å². The van der Waals surface area contributed by atoms with Crippen LogP contribution in [0.5, 0.6) is 5.75 Å². The van der Waals surface area contributed by atoms with Crippen LogP contribution < -0.4 is 10.4 Å². The van der Waals surface area contributed by atoms with E-state index in [-0.39, 0.29) is 25.2 Å². The molecule has 0 aliphatic heterocycles. The molecule has 0 amide bonds. The molecule has 29 heavy (non-hydrogen) atoms. The van der Waals surface area contributed by atoms with Crippen LogP contribution in [0.15, 0.2) is 57.7 Å². The lowest BCUT2D eigenvalue weighted by molar-refractivity contribution is -0.147. The minimum Gasteiger partial charge on any atom is -0.482 e. The lowest BCUT2D eigenvalue weighted by Gasteiger charge is -2.10. The molecule has 1 heterocycles. The number of fused-ring (bicyclic) bond motifs is 1. The van der Waals surface area contributed by atoms with Gasteiger partial charge in [0.05, 0.1) is 19.1 Å². The third-order valence-corrected chi connectivity index (χ3v) is 4.41. The Morgan fingerprint density at radius 3 is 2.52 bits per heavy atom. The van der Waals surface area contributed by atoms with Crippen molar-refractivity contribution in [3.05, 3.63) is 75.6 Å². The molecule has 0 fully saturated rings. The van der Waals surface area contributed by atoms with Gasteiger partial charge in [0.1, 0.15) is 17.9 Å². The number of aryl methyl sites for hydroxylation is 1. The number of esters is 2. The summed E-state index contributed by atoms with van der Waals surface area (Å²) in [6, 6.07) is 14.2. The normalized spacial score (nSPS) is 10.6. The summed E-state index contributed by atoms with van der Waals surface area (Å²) < 4.78 is 20.5. The molecule has 0 radical (unpaired) electrons. The molecular formula is C22H20O7. The molecule has 3 aromatic rings. The summed E-state index contributed by atoms with van der Waals surface area (Å²) in [5.74, 6) is -0.675. The lowest BCUT2D eigenvalue weighted by atomic mass is 10.0. The zero-order chi connectivity index (χ0) is 20.8. The van der Waals surface area contributed by atoms with Crippen molar-refractivity contribution < 1.29 is 28.2 Å². The number of benzene rings is 2. The smallest absolute Gasteiger partial charge is 0.344 e. The van der Waals surface area contributed by atoms with Crippen LogP contribution in [0, 0.1) is 6.92 Å². The highest BCUT2D eigenvalue weighted by Gasteiger charge is 2.16. The highest BCUT2D eigenvalue weighted by molar-refractivity contribution is 5.84. The van der Waals surface area contributed by atoms with E-state index in [2.05, 4.69) is 4.74 Å². The number of hydrogen-bond acceptors (Lipinski definition) is 7. The van der Waals surface area contributed by atoms with Gasteiger partial charge in [0.15, 0.2) is 6.61 Å². The van der Waals surface area contributed by atoms with E-state index in [9.17, 15) is 14.4 Å². The van der Waals surface area contributed by atoms with Crippen molar-refractivity contribution in [1.82, 2.24) is 0 Å². The Morgan fingerprint density at radius 1 is 1.03 bits per heavy atom. The third-order valence-electron chi connectivity index (χ3n) is 4.41. The Bertz CT molecular complexity index is 1080. The topological polar surface area (TPSA) is 92.0 Å². The van der Waals surface area contributed by atoms with Crippen LogP contribution in [0.25, 0.3) is 11.0 Å². The summed E-state index contributed by atoms with van der Waals surface area (Å²) in [4.78, 5) is 35.6. The van der Waals surface area contributed by atoms with Crippen molar-refractivity contribution in [1.29, 1.82) is 0 Å². The SMILES string of the molecule is COC(=O)Cc1c(C)c2ccc(OCC(=O)OCc3ccccc3)cc2oc1=O. The maximum absolute atomic E-state index is 12.2. The van der Waals surface area contributed by atoms with Crippen LogP contribution in [0.2, 0.25) is 0 Å². The molecule has 0 saturated carbocycles. The highest BCUT2D eigenvalue weighted by atomic mass is 16.6. The van der Waals surface area contributed by atoms with Gasteiger partial charge in [-0.2, -0.15) is 0 Å². The summed E-state index contributed by atoms with van der Waals surface area (Å²) in [6.07, 6.45) is -0.161. The van der Waals surface area contributed by atoms with Gasteiger partial charge < -0.3 is 18.6 Å². The molecule has 3 rings (SSSR count). The first kappa shape index (κ1) is 20.1. The molecule has 0 bridgehead atoms. The molecule has 0 spiro atoms. The average Bonchev–Trinajstić information content (AvgIpc) is 2.74. The van der Waals surface area contributed by atoms with Crippen molar-refractivity contribution in [3.8, 4) is 5.75 Å². The molecular weight excluding hydrogens is 376 g/mol. The molecule has 0 atom stereocenters. The van der Waals surface area contributed by atoms with Gasteiger partial charge in [-0.25, -0.2) is 9.59 Å². The van der Waals surface area contributed by atoms with Gasteiger partial charge in [0, 0.05) is 11.5 Å². The average molecular weight is 396 g/mol. The maximum atomic E-state index is 12.2. The van der Waals surface area contributed by atoms with E-state index in [4.69, 9.17) is 13.9 Å². The summed E-state index contributed by atoms with van der Waals surface area (Å²) in [5, 5.41) is 0.669. The monoisotopic (exact) mass is 396 g/mol. The summed E-state index contributed by atoms with van der Waals surface area (Å²) in [7, 11) is 1.26. The lowest BCUT2D eigenvalue weighted by Crippen LogP contribution is -2.16. The summed E-state index contributed by atoms with van der Waals surface area (Å²) in [5.41, 5.74) is 1.46. The fourth-order valence-electron chi connectivity index (χ4n) is 2.81. The maximum Gasteiger partial charge on any atom is 0.344 e. The zero-order valence-corrected chi connectivity index (χ0v) is 16.1. The van der Waals surface area contributed by atoms with E-state index in [0.29, 0.717) is 22.3 Å². The van der Waals surface area contributed by atoms with E-state index in [1.165, 1.54) is 13.2 Å². The van der Waals surface area contributed by atoms with E-state index in [1.807, 2.05) is 30.3 Å². The number of hydrogen-bond donors (Lipinski definition) is 0. The number of ether oxygens (including phenoxy) is 3. The van der Waals surface area contributed by atoms with Crippen molar-refractivity contribution in [3.63, 3.8) is 0 Å². The summed E-state index contributed by atoms with van der Waals surface area (Å²) in [6.45, 7) is 1.62. The molecule has 0 aliphatic rings. The first-order chi connectivity index (χ1) is 14.0. The molecule has 7 heteroatoms. The number of carbonyl (C=O) groups excluding carboxylic acids is 2. The Kier molecular flexibility index (Phi) is 6.29. The van der Waals surface area contributed by atoms with Gasteiger partial charge in [-0.3, -0.25) is 4.79 Å². The van der Waals surface area contributed by atoms with E-state index < -0.39 is 17.6 Å². The minimum absolute atomic E-state index is 0.161. The Hall–Kier alpha value is -3.61. The highest BCUT2D eigenvalue weighted by Crippen LogP contribution is 2.24. The largest absolute Gasteiger partial charge is 0.482 e. The molecule has 0 saturated heterocycles. The quantitative estimate of drug-likeness (QED) is 0.448. The molecule has 1 aromatic heterocycles. The molecule has 150 valence electrons. The van der Waals surface area contributed by atoms with Gasteiger partial charge in [-0.1, -0.05) is 30.3 Å². The van der Waals surface area contributed by atoms with Crippen LogP contribution in [-0.2, 0) is 32.1 Å². The van der Waals surface area contributed by atoms with E-state index in [0.717, 1.165) is 5.56 Å². The standard InChI is InChI=1S/C22H20O7/c1-14-17-9-8-16(10-19(17)29-22(25)18(14)11-20(23)26-2)27-13-21(24)28-12-15-6-4-3-5-7-15/h3-10H,11-13H2,1-2H3. The second kappa shape index (κ2) is 9.05. The first-order valence-electron chi connectivity index (χ1n) is 8.93. The van der Waals surface area contributed by atoms with Crippen molar-refractivity contribution in [2.24, 2.45) is 0 Å². The second-order valence-electron chi connectivity index (χ2n) is 6.34. The number of methoxy groups -OCH3 is 1. The Labute approximate surface area is 166 Å².